The number of methoxy groups -OCH3 is 1. The van der Waals surface area contributed by atoms with E-state index in [1.165, 1.54) is 7.11 Å². The molecule has 110 valence electrons. The van der Waals surface area contributed by atoms with Gasteiger partial charge in [-0.05, 0) is 24.1 Å². The van der Waals surface area contributed by atoms with Crippen molar-refractivity contribution in [1.29, 1.82) is 0 Å². The minimum absolute atomic E-state index is 0.0362. The first-order valence-electron chi connectivity index (χ1n) is 6.31. The van der Waals surface area contributed by atoms with Gasteiger partial charge in [0.05, 0.1) is 12.7 Å². The molecule has 1 amide bonds. The van der Waals surface area contributed by atoms with E-state index in [0.29, 0.717) is 29.3 Å². The lowest BCUT2D eigenvalue weighted by Crippen LogP contribution is -2.30. The fourth-order valence-corrected chi connectivity index (χ4v) is 1.95. The minimum atomic E-state index is -0.866. The number of carboxylic acid groups (broad SMARTS) is 1. The van der Waals surface area contributed by atoms with Gasteiger partial charge in [0.25, 0.3) is 5.91 Å². The lowest BCUT2D eigenvalue weighted by molar-refractivity contribution is -0.138. The monoisotopic (exact) mass is 299 g/mol. The molecule has 20 heavy (non-hydrogen) atoms. The van der Waals surface area contributed by atoms with Crippen molar-refractivity contribution in [3.05, 3.63) is 28.8 Å². The molecular formula is C14H18ClNO4. The summed E-state index contributed by atoms with van der Waals surface area (Å²) in [6.07, 6.45) is 0.721. The number of hydrogen-bond acceptors (Lipinski definition) is 3. The fraction of sp³-hybridized carbons (Fsp3) is 0.429. The second-order valence-corrected chi connectivity index (χ2v) is 4.86. The zero-order valence-corrected chi connectivity index (χ0v) is 12.2. The Morgan fingerprint density at radius 1 is 1.45 bits per heavy atom. The van der Waals surface area contributed by atoms with Crippen LogP contribution in [0.1, 0.15) is 30.1 Å². The number of halogens is 1. The Bertz CT molecular complexity index is 490. The van der Waals surface area contributed by atoms with Crippen LogP contribution < -0.4 is 10.1 Å². The number of rotatable bonds is 7. The lowest BCUT2D eigenvalue weighted by Gasteiger charge is -2.14. The van der Waals surface area contributed by atoms with Crippen LogP contribution >= 0.6 is 11.6 Å². The SMILES string of the molecule is CCC(CNC(=O)c1ccc(Cl)cc1OC)CC(=O)O. The maximum atomic E-state index is 12.1. The van der Waals surface area contributed by atoms with Crippen molar-refractivity contribution in [2.24, 2.45) is 5.92 Å². The van der Waals surface area contributed by atoms with E-state index in [2.05, 4.69) is 5.32 Å². The van der Waals surface area contributed by atoms with Crippen molar-refractivity contribution in [3.63, 3.8) is 0 Å². The largest absolute Gasteiger partial charge is 0.496 e. The second kappa shape index (κ2) is 7.75. The topological polar surface area (TPSA) is 75.6 Å². The molecule has 1 rings (SSSR count). The zero-order valence-electron chi connectivity index (χ0n) is 11.5. The van der Waals surface area contributed by atoms with Crippen LogP contribution in [-0.4, -0.2) is 30.6 Å². The number of ether oxygens (including phenoxy) is 1. The predicted molar refractivity (Wildman–Crippen MR) is 76.4 cm³/mol. The summed E-state index contributed by atoms with van der Waals surface area (Å²) in [6.45, 7) is 2.20. The van der Waals surface area contributed by atoms with Crippen LogP contribution in [-0.2, 0) is 4.79 Å². The summed E-state index contributed by atoms with van der Waals surface area (Å²) < 4.78 is 5.11. The van der Waals surface area contributed by atoms with Gasteiger partial charge >= 0.3 is 5.97 Å². The van der Waals surface area contributed by atoms with Crippen LogP contribution in [0.2, 0.25) is 5.02 Å². The van der Waals surface area contributed by atoms with Gasteiger partial charge < -0.3 is 15.2 Å². The molecule has 5 nitrogen and oxygen atoms in total. The molecular weight excluding hydrogens is 282 g/mol. The molecule has 1 unspecified atom stereocenters. The molecule has 1 aromatic rings. The highest BCUT2D eigenvalue weighted by Crippen LogP contribution is 2.23. The summed E-state index contributed by atoms with van der Waals surface area (Å²) in [5, 5.41) is 12.0. The Kier molecular flexibility index (Phi) is 6.31. The predicted octanol–water partition coefficient (Wildman–Crippen LogP) is 2.58. The van der Waals surface area contributed by atoms with Gasteiger partial charge in [-0.25, -0.2) is 0 Å². The van der Waals surface area contributed by atoms with E-state index >= 15 is 0 Å². The summed E-state index contributed by atoms with van der Waals surface area (Å²) in [5.74, 6) is -0.867. The maximum Gasteiger partial charge on any atom is 0.303 e. The third-order valence-electron chi connectivity index (χ3n) is 3.00. The normalized spacial score (nSPS) is 11.8. The summed E-state index contributed by atoms with van der Waals surface area (Å²) in [4.78, 5) is 22.7. The molecule has 0 fully saturated rings. The van der Waals surface area contributed by atoms with Gasteiger partial charge in [-0.2, -0.15) is 0 Å². The minimum Gasteiger partial charge on any atom is -0.496 e. The first-order valence-corrected chi connectivity index (χ1v) is 6.69. The molecule has 0 aliphatic rings. The number of amides is 1. The van der Waals surface area contributed by atoms with Gasteiger partial charge in [-0.1, -0.05) is 24.9 Å². The molecule has 0 aromatic heterocycles. The van der Waals surface area contributed by atoms with Gasteiger partial charge in [0.1, 0.15) is 5.75 Å². The third kappa shape index (κ3) is 4.74. The summed E-state index contributed by atoms with van der Waals surface area (Å²) in [7, 11) is 1.46. The molecule has 0 aliphatic heterocycles. The van der Waals surface area contributed by atoms with Gasteiger partial charge in [-0.15, -0.1) is 0 Å². The van der Waals surface area contributed by atoms with Crippen LogP contribution in [0.4, 0.5) is 0 Å². The van der Waals surface area contributed by atoms with Crippen LogP contribution in [0.25, 0.3) is 0 Å². The lowest BCUT2D eigenvalue weighted by atomic mass is 10.0. The first-order chi connectivity index (χ1) is 9.47. The van der Waals surface area contributed by atoms with Crippen LogP contribution in [0.3, 0.4) is 0 Å². The average Bonchev–Trinajstić information content (AvgIpc) is 2.42. The summed E-state index contributed by atoms with van der Waals surface area (Å²) in [5.41, 5.74) is 0.377. The van der Waals surface area contributed by atoms with Crippen LogP contribution in [0.5, 0.6) is 5.75 Å². The van der Waals surface area contributed by atoms with Crippen molar-refractivity contribution in [3.8, 4) is 5.75 Å². The van der Waals surface area contributed by atoms with Gasteiger partial charge in [0.2, 0.25) is 0 Å². The van der Waals surface area contributed by atoms with Crippen LogP contribution in [0, 0.1) is 5.92 Å². The molecule has 0 heterocycles. The number of carbonyl (C=O) groups is 2. The van der Waals surface area contributed by atoms with E-state index in [-0.39, 0.29) is 18.2 Å². The van der Waals surface area contributed by atoms with Crippen molar-refractivity contribution in [2.75, 3.05) is 13.7 Å². The molecule has 1 atom stereocenters. The maximum absolute atomic E-state index is 12.1. The molecule has 0 radical (unpaired) electrons. The molecule has 6 heteroatoms. The molecule has 2 N–H and O–H groups in total. The summed E-state index contributed by atoms with van der Waals surface area (Å²) >= 11 is 5.83. The highest BCUT2D eigenvalue weighted by molar-refractivity contribution is 6.30. The second-order valence-electron chi connectivity index (χ2n) is 4.43. The first kappa shape index (κ1) is 16.3. The number of aliphatic carboxylic acids is 1. The van der Waals surface area contributed by atoms with E-state index in [9.17, 15) is 9.59 Å². The van der Waals surface area contributed by atoms with Crippen molar-refractivity contribution < 1.29 is 19.4 Å². The van der Waals surface area contributed by atoms with Crippen molar-refractivity contribution in [1.82, 2.24) is 5.32 Å². The van der Waals surface area contributed by atoms with Gasteiger partial charge in [0, 0.05) is 18.0 Å². The number of benzene rings is 1. The number of carbonyl (C=O) groups excluding carboxylic acids is 1. The van der Waals surface area contributed by atoms with Crippen molar-refractivity contribution >= 4 is 23.5 Å². The molecule has 0 bridgehead atoms. The fourth-order valence-electron chi connectivity index (χ4n) is 1.79. The highest BCUT2D eigenvalue weighted by Gasteiger charge is 2.16. The standard InChI is InChI=1S/C14H18ClNO4/c1-3-9(6-13(17)18)8-16-14(19)11-5-4-10(15)7-12(11)20-2/h4-5,7,9H,3,6,8H2,1-2H3,(H,16,19)(H,17,18). The quantitative estimate of drug-likeness (QED) is 0.811. The van der Waals surface area contributed by atoms with Crippen molar-refractivity contribution in [2.45, 2.75) is 19.8 Å². The number of carboxylic acids is 1. The molecule has 1 aromatic carbocycles. The van der Waals surface area contributed by atoms with E-state index in [1.54, 1.807) is 18.2 Å². The van der Waals surface area contributed by atoms with E-state index in [0.717, 1.165) is 0 Å². The Balaban J connectivity index is 2.69. The van der Waals surface area contributed by atoms with Gasteiger partial charge in [0.15, 0.2) is 0 Å². The molecule has 0 spiro atoms. The van der Waals surface area contributed by atoms with Crippen LogP contribution in [0.15, 0.2) is 18.2 Å². The number of nitrogens with one attached hydrogen (secondary N) is 1. The zero-order chi connectivity index (χ0) is 15.1. The Morgan fingerprint density at radius 2 is 2.15 bits per heavy atom. The van der Waals surface area contributed by atoms with E-state index in [4.69, 9.17) is 21.4 Å². The average molecular weight is 300 g/mol. The van der Waals surface area contributed by atoms with E-state index < -0.39 is 5.97 Å². The molecule has 0 saturated carbocycles. The highest BCUT2D eigenvalue weighted by atomic mass is 35.5. The molecule has 0 saturated heterocycles. The smallest absolute Gasteiger partial charge is 0.303 e. The number of hydrogen-bond donors (Lipinski definition) is 2. The Hall–Kier alpha value is -1.75. The molecule has 0 aliphatic carbocycles. The Labute approximate surface area is 122 Å². The van der Waals surface area contributed by atoms with Gasteiger partial charge in [-0.3, -0.25) is 9.59 Å². The van der Waals surface area contributed by atoms with E-state index in [1.807, 2.05) is 6.92 Å². The Morgan fingerprint density at radius 3 is 2.70 bits per heavy atom. The third-order valence-corrected chi connectivity index (χ3v) is 3.24. The summed E-state index contributed by atoms with van der Waals surface area (Å²) in [6, 6.07) is 4.74.